The predicted molar refractivity (Wildman–Crippen MR) is 79.9 cm³/mol. The molecule has 0 spiro atoms. The van der Waals surface area contributed by atoms with Gasteiger partial charge in [-0.15, -0.1) is 0 Å². The highest BCUT2D eigenvalue weighted by Crippen LogP contribution is 2.32. The maximum atomic E-state index is 12.5. The fourth-order valence-corrected chi connectivity index (χ4v) is 2.71. The number of carbonyl (C=O) groups excluding carboxylic acids is 2. The highest BCUT2D eigenvalue weighted by atomic mass is 16.7. The molecule has 0 atom stereocenters. The molecule has 0 aliphatic carbocycles. The lowest BCUT2D eigenvalue weighted by molar-refractivity contribution is -0.135. The standard InChI is InChI=1S/C16H20N2O4/c1-11(2)15(19)17-5-7-18(8-6-17)16(20)12-3-4-13-14(9-12)22-10-21-13/h3-4,9,11H,5-8,10H2,1-2H3. The number of ether oxygens (including phenoxy) is 2. The van der Waals surface area contributed by atoms with Crippen molar-refractivity contribution in [1.82, 2.24) is 9.80 Å². The van der Waals surface area contributed by atoms with Crippen molar-refractivity contribution in [2.45, 2.75) is 13.8 Å². The number of carbonyl (C=O) groups is 2. The molecule has 0 unspecified atom stereocenters. The van der Waals surface area contributed by atoms with Crippen molar-refractivity contribution in [1.29, 1.82) is 0 Å². The topological polar surface area (TPSA) is 59.1 Å². The van der Waals surface area contributed by atoms with Gasteiger partial charge in [-0.25, -0.2) is 0 Å². The van der Waals surface area contributed by atoms with Gasteiger partial charge in [0, 0.05) is 37.7 Å². The van der Waals surface area contributed by atoms with E-state index >= 15 is 0 Å². The summed E-state index contributed by atoms with van der Waals surface area (Å²) in [6, 6.07) is 5.23. The van der Waals surface area contributed by atoms with E-state index in [4.69, 9.17) is 9.47 Å². The fourth-order valence-electron chi connectivity index (χ4n) is 2.71. The van der Waals surface area contributed by atoms with Crippen molar-refractivity contribution >= 4 is 11.8 Å². The van der Waals surface area contributed by atoms with Gasteiger partial charge in [0.25, 0.3) is 5.91 Å². The Kier molecular flexibility index (Phi) is 3.92. The molecule has 0 radical (unpaired) electrons. The first-order valence-corrected chi connectivity index (χ1v) is 7.54. The zero-order chi connectivity index (χ0) is 15.7. The van der Waals surface area contributed by atoms with Crippen LogP contribution in [-0.4, -0.2) is 54.6 Å². The minimum atomic E-state index is -0.0325. The number of rotatable bonds is 2. The first-order chi connectivity index (χ1) is 10.6. The van der Waals surface area contributed by atoms with Crippen molar-refractivity contribution in [3.8, 4) is 11.5 Å². The van der Waals surface area contributed by atoms with Crippen LogP contribution in [0.5, 0.6) is 11.5 Å². The molecule has 0 aromatic heterocycles. The van der Waals surface area contributed by atoms with Gasteiger partial charge in [-0.2, -0.15) is 0 Å². The third kappa shape index (κ3) is 2.73. The van der Waals surface area contributed by atoms with Crippen LogP contribution in [0.15, 0.2) is 18.2 Å². The third-order valence-electron chi connectivity index (χ3n) is 3.99. The van der Waals surface area contributed by atoms with Crippen LogP contribution in [0.4, 0.5) is 0 Å². The lowest BCUT2D eigenvalue weighted by atomic mass is 10.1. The Morgan fingerprint density at radius 3 is 2.32 bits per heavy atom. The van der Waals surface area contributed by atoms with Crippen LogP contribution in [0.3, 0.4) is 0 Å². The normalized spacial score (nSPS) is 17.0. The van der Waals surface area contributed by atoms with Gasteiger partial charge in [0.1, 0.15) is 0 Å². The SMILES string of the molecule is CC(C)C(=O)N1CCN(C(=O)c2ccc3c(c2)OCO3)CC1. The highest BCUT2D eigenvalue weighted by molar-refractivity contribution is 5.95. The molecular weight excluding hydrogens is 284 g/mol. The average Bonchev–Trinajstić information content (AvgIpc) is 3.01. The highest BCUT2D eigenvalue weighted by Gasteiger charge is 2.26. The number of fused-ring (bicyclic) bond motifs is 1. The molecule has 1 saturated heterocycles. The Morgan fingerprint density at radius 2 is 1.64 bits per heavy atom. The summed E-state index contributed by atoms with van der Waals surface area (Å²) in [4.78, 5) is 28.1. The minimum absolute atomic E-state index is 0.00360. The number of hydrogen-bond donors (Lipinski definition) is 0. The second kappa shape index (κ2) is 5.87. The number of hydrogen-bond acceptors (Lipinski definition) is 4. The molecule has 6 nitrogen and oxygen atoms in total. The van der Waals surface area contributed by atoms with E-state index in [2.05, 4.69) is 0 Å². The van der Waals surface area contributed by atoms with E-state index in [0.29, 0.717) is 43.2 Å². The van der Waals surface area contributed by atoms with Crippen molar-refractivity contribution in [3.05, 3.63) is 23.8 Å². The number of nitrogens with zero attached hydrogens (tertiary/aromatic N) is 2. The van der Waals surface area contributed by atoms with E-state index in [9.17, 15) is 9.59 Å². The number of benzene rings is 1. The van der Waals surface area contributed by atoms with Crippen molar-refractivity contribution in [2.24, 2.45) is 5.92 Å². The monoisotopic (exact) mass is 304 g/mol. The Morgan fingerprint density at radius 1 is 1.00 bits per heavy atom. The predicted octanol–water partition coefficient (Wildman–Crippen LogP) is 1.36. The summed E-state index contributed by atoms with van der Waals surface area (Å²) in [5, 5.41) is 0. The first-order valence-electron chi connectivity index (χ1n) is 7.54. The minimum Gasteiger partial charge on any atom is -0.454 e. The maximum Gasteiger partial charge on any atom is 0.254 e. The second-order valence-electron chi connectivity index (χ2n) is 5.84. The zero-order valence-corrected chi connectivity index (χ0v) is 12.9. The molecule has 1 fully saturated rings. The quantitative estimate of drug-likeness (QED) is 0.827. The van der Waals surface area contributed by atoms with Crippen molar-refractivity contribution in [3.63, 3.8) is 0 Å². The molecule has 2 aliphatic rings. The van der Waals surface area contributed by atoms with Crippen LogP contribution < -0.4 is 9.47 Å². The summed E-state index contributed by atoms with van der Waals surface area (Å²) in [5.41, 5.74) is 0.591. The van der Waals surface area contributed by atoms with Gasteiger partial charge in [0.15, 0.2) is 11.5 Å². The summed E-state index contributed by atoms with van der Waals surface area (Å²) in [7, 11) is 0. The van der Waals surface area contributed by atoms with Crippen LogP contribution in [0, 0.1) is 5.92 Å². The third-order valence-corrected chi connectivity index (χ3v) is 3.99. The molecule has 3 rings (SSSR count). The molecule has 0 saturated carbocycles. The Hall–Kier alpha value is -2.24. The maximum absolute atomic E-state index is 12.5. The van der Waals surface area contributed by atoms with Gasteiger partial charge in [0.2, 0.25) is 12.7 Å². The van der Waals surface area contributed by atoms with E-state index in [1.54, 1.807) is 23.1 Å². The van der Waals surface area contributed by atoms with E-state index in [1.807, 2.05) is 18.7 Å². The summed E-state index contributed by atoms with van der Waals surface area (Å²) in [6.45, 7) is 6.29. The summed E-state index contributed by atoms with van der Waals surface area (Å²) in [6.07, 6.45) is 0. The second-order valence-corrected chi connectivity index (χ2v) is 5.84. The lowest BCUT2D eigenvalue weighted by Crippen LogP contribution is -2.51. The van der Waals surface area contributed by atoms with Crippen molar-refractivity contribution < 1.29 is 19.1 Å². The number of piperazine rings is 1. The van der Waals surface area contributed by atoms with Crippen LogP contribution in [-0.2, 0) is 4.79 Å². The van der Waals surface area contributed by atoms with Crippen molar-refractivity contribution in [2.75, 3.05) is 33.0 Å². The van der Waals surface area contributed by atoms with E-state index in [1.165, 1.54) is 0 Å². The summed E-state index contributed by atoms with van der Waals surface area (Å²) >= 11 is 0. The zero-order valence-electron chi connectivity index (χ0n) is 12.9. The molecule has 0 bridgehead atoms. The molecule has 1 aromatic rings. The number of amides is 2. The Labute approximate surface area is 129 Å². The molecule has 2 amide bonds. The molecule has 0 N–H and O–H groups in total. The molecule has 1 aromatic carbocycles. The largest absolute Gasteiger partial charge is 0.454 e. The molecule has 2 aliphatic heterocycles. The van der Waals surface area contributed by atoms with Crippen LogP contribution in [0.25, 0.3) is 0 Å². The van der Waals surface area contributed by atoms with Crippen LogP contribution in [0.1, 0.15) is 24.2 Å². The summed E-state index contributed by atoms with van der Waals surface area (Å²) < 4.78 is 10.6. The van der Waals surface area contributed by atoms with Gasteiger partial charge in [0.05, 0.1) is 0 Å². The Bertz CT molecular complexity index is 592. The Balaban J connectivity index is 1.64. The van der Waals surface area contributed by atoms with E-state index in [0.717, 1.165) is 0 Å². The summed E-state index contributed by atoms with van der Waals surface area (Å²) in [5.74, 6) is 1.39. The van der Waals surface area contributed by atoms with E-state index < -0.39 is 0 Å². The van der Waals surface area contributed by atoms with Gasteiger partial charge >= 0.3 is 0 Å². The smallest absolute Gasteiger partial charge is 0.254 e. The van der Waals surface area contributed by atoms with Crippen LogP contribution in [0.2, 0.25) is 0 Å². The van der Waals surface area contributed by atoms with Gasteiger partial charge < -0.3 is 19.3 Å². The van der Waals surface area contributed by atoms with E-state index in [-0.39, 0.29) is 24.5 Å². The molecule has 22 heavy (non-hydrogen) atoms. The van der Waals surface area contributed by atoms with Crippen LogP contribution >= 0.6 is 0 Å². The molecule has 2 heterocycles. The fraction of sp³-hybridized carbons (Fsp3) is 0.500. The first kappa shape index (κ1) is 14.7. The molecular formula is C16H20N2O4. The van der Waals surface area contributed by atoms with Gasteiger partial charge in [-0.1, -0.05) is 13.8 Å². The molecule has 118 valence electrons. The average molecular weight is 304 g/mol. The van der Waals surface area contributed by atoms with Gasteiger partial charge in [-0.05, 0) is 18.2 Å². The van der Waals surface area contributed by atoms with Gasteiger partial charge in [-0.3, -0.25) is 9.59 Å². The lowest BCUT2D eigenvalue weighted by Gasteiger charge is -2.35. The molecule has 6 heteroatoms.